The van der Waals surface area contributed by atoms with Crippen LogP contribution in [0.4, 0.5) is 0 Å². The maximum absolute atomic E-state index is 12.4. The Morgan fingerprint density at radius 3 is 2.04 bits per heavy atom. The zero-order chi connectivity index (χ0) is 19.8. The molecule has 0 saturated carbocycles. The molecule has 0 amide bonds. The maximum Gasteiger partial charge on any atom is 0.343 e. The Labute approximate surface area is 166 Å². The average Bonchev–Trinajstić information content (AvgIpc) is 2.75. The highest BCUT2D eigenvalue weighted by molar-refractivity contribution is 5.91. The van der Waals surface area contributed by atoms with Gasteiger partial charge < -0.3 is 4.74 Å². The van der Waals surface area contributed by atoms with Crippen molar-refractivity contribution in [2.24, 2.45) is 0 Å². The SMILES string of the molecule is CCCCCc1ccc(OC(=O)c2ccc(-c3ccc(C#N)cc3)cc2)cc1. The number of nitriles is 1. The molecular weight excluding hydrogens is 346 g/mol. The molecule has 0 aliphatic heterocycles. The Morgan fingerprint density at radius 2 is 1.46 bits per heavy atom. The van der Waals surface area contributed by atoms with Gasteiger partial charge in [0.2, 0.25) is 0 Å². The van der Waals surface area contributed by atoms with Gasteiger partial charge in [0.25, 0.3) is 0 Å². The van der Waals surface area contributed by atoms with Gasteiger partial charge in [0, 0.05) is 0 Å². The number of hydrogen-bond acceptors (Lipinski definition) is 3. The molecule has 3 rings (SSSR count). The number of hydrogen-bond donors (Lipinski definition) is 0. The number of nitrogens with zero attached hydrogens (tertiary/aromatic N) is 1. The molecule has 0 spiro atoms. The molecule has 3 nitrogen and oxygen atoms in total. The molecule has 0 aromatic heterocycles. The minimum atomic E-state index is -0.370. The summed E-state index contributed by atoms with van der Waals surface area (Å²) in [4.78, 5) is 12.4. The number of aryl methyl sites for hydroxylation is 1. The first-order chi connectivity index (χ1) is 13.7. The van der Waals surface area contributed by atoms with E-state index >= 15 is 0 Å². The molecule has 0 aliphatic rings. The summed E-state index contributed by atoms with van der Waals surface area (Å²) in [6.07, 6.45) is 4.68. The van der Waals surface area contributed by atoms with Crippen LogP contribution in [0.15, 0.2) is 72.8 Å². The van der Waals surface area contributed by atoms with E-state index in [0.717, 1.165) is 17.5 Å². The van der Waals surface area contributed by atoms with E-state index in [1.807, 2.05) is 48.5 Å². The molecule has 0 saturated heterocycles. The molecule has 0 aliphatic carbocycles. The summed E-state index contributed by atoms with van der Waals surface area (Å²) in [5, 5.41) is 8.88. The highest BCUT2D eigenvalue weighted by Gasteiger charge is 2.09. The third-order valence-corrected chi connectivity index (χ3v) is 4.67. The first kappa shape index (κ1) is 19.4. The van der Waals surface area contributed by atoms with Crippen LogP contribution in [0.5, 0.6) is 5.75 Å². The van der Waals surface area contributed by atoms with E-state index in [2.05, 4.69) is 13.0 Å². The quantitative estimate of drug-likeness (QED) is 0.284. The lowest BCUT2D eigenvalue weighted by atomic mass is 10.0. The molecule has 140 valence electrons. The smallest absolute Gasteiger partial charge is 0.343 e. The van der Waals surface area contributed by atoms with Gasteiger partial charge >= 0.3 is 5.97 Å². The van der Waals surface area contributed by atoms with Crippen molar-refractivity contribution in [1.82, 2.24) is 0 Å². The van der Waals surface area contributed by atoms with E-state index in [9.17, 15) is 4.79 Å². The molecule has 28 heavy (non-hydrogen) atoms. The summed E-state index contributed by atoms with van der Waals surface area (Å²) in [5.74, 6) is 0.186. The second-order valence-corrected chi connectivity index (χ2v) is 6.76. The molecule has 3 heteroatoms. The summed E-state index contributed by atoms with van der Waals surface area (Å²) in [7, 11) is 0. The normalized spacial score (nSPS) is 10.3. The van der Waals surface area contributed by atoms with Gasteiger partial charge in [-0.15, -0.1) is 0 Å². The predicted molar refractivity (Wildman–Crippen MR) is 111 cm³/mol. The van der Waals surface area contributed by atoms with Crippen molar-refractivity contribution in [2.45, 2.75) is 32.6 Å². The van der Waals surface area contributed by atoms with Gasteiger partial charge in [0.05, 0.1) is 17.2 Å². The van der Waals surface area contributed by atoms with Gasteiger partial charge in [-0.1, -0.05) is 56.2 Å². The Bertz CT molecular complexity index is 949. The van der Waals surface area contributed by atoms with Gasteiger partial charge in [-0.2, -0.15) is 5.26 Å². The number of unbranched alkanes of at least 4 members (excludes halogenated alkanes) is 2. The Kier molecular flexibility index (Phi) is 6.59. The average molecular weight is 369 g/mol. The lowest BCUT2D eigenvalue weighted by Crippen LogP contribution is -2.08. The highest BCUT2D eigenvalue weighted by atomic mass is 16.5. The molecule has 0 bridgehead atoms. The van der Waals surface area contributed by atoms with Crippen molar-refractivity contribution < 1.29 is 9.53 Å². The van der Waals surface area contributed by atoms with Crippen molar-refractivity contribution in [3.8, 4) is 22.9 Å². The number of esters is 1. The van der Waals surface area contributed by atoms with Crippen molar-refractivity contribution in [1.29, 1.82) is 5.26 Å². The van der Waals surface area contributed by atoms with Crippen LogP contribution in [0.25, 0.3) is 11.1 Å². The zero-order valence-corrected chi connectivity index (χ0v) is 16.0. The van der Waals surface area contributed by atoms with E-state index in [0.29, 0.717) is 16.9 Å². The molecule has 0 heterocycles. The predicted octanol–water partition coefficient (Wildman–Crippen LogP) is 6.18. The highest BCUT2D eigenvalue weighted by Crippen LogP contribution is 2.21. The van der Waals surface area contributed by atoms with Crippen LogP contribution in [0.2, 0.25) is 0 Å². The number of ether oxygens (including phenoxy) is 1. The monoisotopic (exact) mass is 369 g/mol. The van der Waals surface area contributed by atoms with E-state index in [1.165, 1.54) is 24.8 Å². The minimum Gasteiger partial charge on any atom is -0.423 e. The number of rotatable bonds is 7. The minimum absolute atomic E-state index is 0.370. The van der Waals surface area contributed by atoms with Crippen molar-refractivity contribution in [3.63, 3.8) is 0 Å². The molecule has 3 aromatic carbocycles. The van der Waals surface area contributed by atoms with Gasteiger partial charge in [0.15, 0.2) is 0 Å². The second kappa shape index (κ2) is 9.53. The fourth-order valence-corrected chi connectivity index (χ4v) is 3.01. The van der Waals surface area contributed by atoms with Gasteiger partial charge in [-0.25, -0.2) is 4.79 Å². The number of carbonyl (C=O) groups excluding carboxylic acids is 1. The van der Waals surface area contributed by atoms with Crippen molar-refractivity contribution in [3.05, 3.63) is 89.5 Å². The maximum atomic E-state index is 12.4. The fraction of sp³-hybridized carbons (Fsp3) is 0.200. The van der Waals surface area contributed by atoms with E-state index < -0.39 is 0 Å². The van der Waals surface area contributed by atoms with Crippen LogP contribution < -0.4 is 4.74 Å². The first-order valence-electron chi connectivity index (χ1n) is 9.61. The summed E-state index contributed by atoms with van der Waals surface area (Å²) in [6, 6.07) is 24.5. The molecule has 0 atom stereocenters. The van der Waals surface area contributed by atoms with Crippen LogP contribution in [0, 0.1) is 11.3 Å². The number of carbonyl (C=O) groups is 1. The van der Waals surface area contributed by atoms with Gasteiger partial charge in [-0.3, -0.25) is 0 Å². The second-order valence-electron chi connectivity index (χ2n) is 6.76. The van der Waals surface area contributed by atoms with E-state index in [-0.39, 0.29) is 5.97 Å². The van der Waals surface area contributed by atoms with Crippen molar-refractivity contribution in [2.75, 3.05) is 0 Å². The summed E-state index contributed by atoms with van der Waals surface area (Å²) < 4.78 is 5.48. The Hall–Kier alpha value is -3.38. The van der Waals surface area contributed by atoms with E-state index in [4.69, 9.17) is 10.00 Å². The molecule has 0 unspecified atom stereocenters. The lowest BCUT2D eigenvalue weighted by molar-refractivity contribution is 0.0734. The third-order valence-electron chi connectivity index (χ3n) is 4.67. The molecule has 3 aromatic rings. The number of benzene rings is 3. The van der Waals surface area contributed by atoms with Crippen LogP contribution in [0.3, 0.4) is 0 Å². The lowest BCUT2D eigenvalue weighted by Gasteiger charge is -2.07. The Morgan fingerprint density at radius 1 is 0.857 bits per heavy atom. The van der Waals surface area contributed by atoms with Crippen molar-refractivity contribution >= 4 is 5.97 Å². The largest absolute Gasteiger partial charge is 0.423 e. The fourth-order valence-electron chi connectivity index (χ4n) is 3.01. The van der Waals surface area contributed by atoms with E-state index in [1.54, 1.807) is 24.3 Å². The molecule has 0 N–H and O–H groups in total. The topological polar surface area (TPSA) is 50.1 Å². The van der Waals surface area contributed by atoms with Crippen LogP contribution in [0.1, 0.15) is 47.7 Å². The van der Waals surface area contributed by atoms with Crippen LogP contribution >= 0.6 is 0 Å². The zero-order valence-electron chi connectivity index (χ0n) is 16.0. The van der Waals surface area contributed by atoms with Gasteiger partial charge in [-0.05, 0) is 65.9 Å². The molecule has 0 fully saturated rings. The summed E-state index contributed by atoms with van der Waals surface area (Å²) >= 11 is 0. The standard InChI is InChI=1S/C25H23NO2/c1-2-3-4-5-19-8-16-24(17-9-19)28-25(27)23-14-12-22(13-15-23)21-10-6-20(18-26)7-11-21/h6-17H,2-5H2,1H3. The Balaban J connectivity index is 1.62. The summed E-state index contributed by atoms with van der Waals surface area (Å²) in [6.45, 7) is 2.19. The third kappa shape index (κ3) is 5.08. The van der Waals surface area contributed by atoms with Gasteiger partial charge in [0.1, 0.15) is 5.75 Å². The summed E-state index contributed by atoms with van der Waals surface area (Å²) in [5.41, 5.74) is 4.37. The molecule has 0 radical (unpaired) electrons. The van der Waals surface area contributed by atoms with Crippen LogP contribution in [-0.4, -0.2) is 5.97 Å². The molecular formula is C25H23NO2. The van der Waals surface area contributed by atoms with Crippen LogP contribution in [-0.2, 0) is 6.42 Å². The first-order valence-corrected chi connectivity index (χ1v) is 9.61.